The summed E-state index contributed by atoms with van der Waals surface area (Å²) in [4.78, 5) is 33.5. The first-order chi connectivity index (χ1) is 11.7. The lowest BCUT2D eigenvalue weighted by Crippen LogP contribution is -2.49. The number of hydrogen-bond donors (Lipinski definition) is 0. The Balaban J connectivity index is 1.55. The van der Waals surface area contributed by atoms with Crippen molar-refractivity contribution in [3.8, 4) is 0 Å². The summed E-state index contributed by atoms with van der Waals surface area (Å²) in [5.41, 5.74) is 1.21. The molecule has 2 saturated heterocycles. The van der Waals surface area contributed by atoms with Gasteiger partial charge in [-0.1, -0.05) is 0 Å². The number of thiophene rings is 1. The number of amides is 2. The van der Waals surface area contributed by atoms with Gasteiger partial charge >= 0.3 is 0 Å². The van der Waals surface area contributed by atoms with Gasteiger partial charge in [0, 0.05) is 43.0 Å². The molecular weight excluding hydrogens is 322 g/mol. The molecule has 2 amide bonds. The topological polar surface area (TPSA) is 53.5 Å². The van der Waals surface area contributed by atoms with E-state index in [0.29, 0.717) is 18.7 Å². The second-order valence-corrected chi connectivity index (χ2v) is 7.31. The Morgan fingerprint density at radius 2 is 2.00 bits per heavy atom. The molecule has 2 aromatic heterocycles. The van der Waals surface area contributed by atoms with E-state index in [1.807, 2.05) is 26.6 Å². The zero-order chi connectivity index (χ0) is 16.6. The van der Waals surface area contributed by atoms with Gasteiger partial charge in [-0.3, -0.25) is 14.6 Å². The molecule has 0 aromatic carbocycles. The average molecular weight is 341 g/mol. The first kappa shape index (κ1) is 15.3. The van der Waals surface area contributed by atoms with Gasteiger partial charge in [-0.05, 0) is 42.8 Å². The van der Waals surface area contributed by atoms with Crippen LogP contribution in [-0.2, 0) is 4.79 Å². The van der Waals surface area contributed by atoms with Crippen LogP contribution in [0.3, 0.4) is 0 Å². The molecule has 5 nitrogen and oxygen atoms in total. The Hall–Kier alpha value is -2.21. The third kappa shape index (κ3) is 2.51. The summed E-state index contributed by atoms with van der Waals surface area (Å²) in [5.74, 6) is 0.173. The first-order valence-corrected chi connectivity index (χ1v) is 9.17. The minimum atomic E-state index is -0.414. The third-order valence-corrected chi connectivity index (χ3v) is 5.79. The molecule has 1 atom stereocenters. The summed E-state index contributed by atoms with van der Waals surface area (Å²) in [7, 11) is 0. The van der Waals surface area contributed by atoms with Crippen molar-refractivity contribution in [1.29, 1.82) is 0 Å². The molecule has 0 N–H and O–H groups in total. The number of rotatable bonds is 2. The van der Waals surface area contributed by atoms with Crippen molar-refractivity contribution in [3.05, 3.63) is 46.9 Å². The van der Waals surface area contributed by atoms with Gasteiger partial charge in [-0.15, -0.1) is 0 Å². The van der Waals surface area contributed by atoms with E-state index in [1.165, 1.54) is 0 Å². The molecule has 2 aliphatic heterocycles. The Morgan fingerprint density at radius 1 is 1.17 bits per heavy atom. The van der Waals surface area contributed by atoms with Crippen molar-refractivity contribution < 1.29 is 9.59 Å². The molecule has 2 fully saturated rings. The lowest BCUT2D eigenvalue weighted by atomic mass is 9.78. The van der Waals surface area contributed by atoms with Crippen molar-refractivity contribution in [3.63, 3.8) is 0 Å². The molecule has 24 heavy (non-hydrogen) atoms. The summed E-state index contributed by atoms with van der Waals surface area (Å²) < 4.78 is 0. The van der Waals surface area contributed by atoms with Crippen molar-refractivity contribution in [2.45, 2.75) is 19.3 Å². The van der Waals surface area contributed by atoms with E-state index < -0.39 is 5.41 Å². The van der Waals surface area contributed by atoms with E-state index in [2.05, 4.69) is 4.98 Å². The van der Waals surface area contributed by atoms with Crippen LogP contribution >= 0.6 is 11.3 Å². The highest BCUT2D eigenvalue weighted by Gasteiger charge is 2.50. The van der Waals surface area contributed by atoms with Crippen LogP contribution in [0.15, 0.2) is 41.4 Å². The average Bonchev–Trinajstić information content (AvgIpc) is 3.25. The van der Waals surface area contributed by atoms with E-state index in [0.717, 1.165) is 31.5 Å². The first-order valence-electron chi connectivity index (χ1n) is 8.23. The Morgan fingerprint density at radius 3 is 2.75 bits per heavy atom. The molecule has 0 unspecified atom stereocenters. The van der Waals surface area contributed by atoms with Crippen LogP contribution in [0.2, 0.25) is 0 Å². The number of piperidine rings is 1. The van der Waals surface area contributed by atoms with Gasteiger partial charge in [-0.25, -0.2) is 0 Å². The molecule has 4 heterocycles. The fraction of sp³-hybridized carbons (Fsp3) is 0.389. The molecule has 0 bridgehead atoms. The van der Waals surface area contributed by atoms with Crippen LogP contribution in [-0.4, -0.2) is 41.3 Å². The van der Waals surface area contributed by atoms with Gasteiger partial charge in [0.15, 0.2) is 0 Å². The van der Waals surface area contributed by atoms with Crippen LogP contribution in [0, 0.1) is 5.41 Å². The van der Waals surface area contributed by atoms with Crippen LogP contribution < -0.4 is 4.90 Å². The molecule has 124 valence electrons. The fourth-order valence-corrected chi connectivity index (χ4v) is 4.48. The van der Waals surface area contributed by atoms with E-state index in [9.17, 15) is 9.59 Å². The molecule has 4 rings (SSSR count). The SMILES string of the molecule is O=C(c1ccncc1)N1CCC[C@@]2(CCN(c3ccsc3)C2=O)C1. The van der Waals surface area contributed by atoms with Gasteiger partial charge in [0.05, 0.1) is 11.1 Å². The van der Waals surface area contributed by atoms with Crippen LogP contribution in [0.4, 0.5) is 5.69 Å². The quantitative estimate of drug-likeness (QED) is 0.844. The minimum Gasteiger partial charge on any atom is -0.338 e. The van der Waals surface area contributed by atoms with Gasteiger partial charge in [0.2, 0.25) is 5.91 Å². The zero-order valence-corrected chi connectivity index (χ0v) is 14.2. The highest BCUT2D eigenvalue weighted by molar-refractivity contribution is 7.08. The maximum absolute atomic E-state index is 13.1. The lowest BCUT2D eigenvalue weighted by Gasteiger charge is -2.39. The predicted octanol–water partition coefficient (Wildman–Crippen LogP) is 2.80. The smallest absolute Gasteiger partial charge is 0.253 e. The van der Waals surface area contributed by atoms with Gasteiger partial charge in [-0.2, -0.15) is 11.3 Å². The molecule has 6 heteroatoms. The van der Waals surface area contributed by atoms with Gasteiger partial charge in [0.1, 0.15) is 0 Å². The molecule has 2 aromatic rings. The summed E-state index contributed by atoms with van der Waals surface area (Å²) >= 11 is 1.60. The molecule has 0 saturated carbocycles. The Labute approximate surface area is 144 Å². The second-order valence-electron chi connectivity index (χ2n) is 6.53. The van der Waals surface area contributed by atoms with Crippen molar-refractivity contribution >= 4 is 28.8 Å². The number of likely N-dealkylation sites (tertiary alicyclic amines) is 1. The van der Waals surface area contributed by atoms with Crippen LogP contribution in [0.1, 0.15) is 29.6 Å². The molecule has 0 radical (unpaired) electrons. The zero-order valence-electron chi connectivity index (χ0n) is 13.4. The fourth-order valence-electron chi connectivity index (χ4n) is 3.84. The van der Waals surface area contributed by atoms with Crippen molar-refractivity contribution in [2.75, 3.05) is 24.5 Å². The Bertz CT molecular complexity index is 747. The molecule has 2 aliphatic rings. The number of nitrogens with zero attached hydrogens (tertiary/aromatic N) is 3. The number of aromatic nitrogens is 1. The molecule has 0 aliphatic carbocycles. The van der Waals surface area contributed by atoms with Crippen molar-refractivity contribution in [2.24, 2.45) is 5.41 Å². The van der Waals surface area contributed by atoms with Crippen LogP contribution in [0.25, 0.3) is 0 Å². The van der Waals surface area contributed by atoms with E-state index >= 15 is 0 Å². The lowest BCUT2D eigenvalue weighted by molar-refractivity contribution is -0.127. The molecule has 1 spiro atoms. The normalized spacial score (nSPS) is 23.9. The summed E-state index contributed by atoms with van der Waals surface area (Å²) in [6, 6.07) is 5.46. The maximum atomic E-state index is 13.1. The third-order valence-electron chi connectivity index (χ3n) is 5.12. The highest BCUT2D eigenvalue weighted by atomic mass is 32.1. The molecular formula is C18H19N3O2S. The number of pyridine rings is 1. The number of carbonyl (C=O) groups is 2. The van der Waals surface area contributed by atoms with Gasteiger partial charge in [0.25, 0.3) is 5.91 Å². The number of hydrogen-bond acceptors (Lipinski definition) is 4. The van der Waals surface area contributed by atoms with Crippen LogP contribution in [0.5, 0.6) is 0 Å². The number of carbonyl (C=O) groups excluding carboxylic acids is 2. The van der Waals surface area contributed by atoms with Crippen molar-refractivity contribution in [1.82, 2.24) is 9.88 Å². The van der Waals surface area contributed by atoms with E-state index in [-0.39, 0.29) is 11.8 Å². The number of anilines is 1. The monoisotopic (exact) mass is 341 g/mol. The standard InChI is InChI=1S/C18H19N3O2S/c22-16(14-2-7-19-8-3-14)20-9-1-5-18(13-20)6-10-21(17(18)23)15-4-11-24-12-15/h2-4,7-8,11-12H,1,5-6,9-10,13H2/t18-/m1/s1. The highest BCUT2D eigenvalue weighted by Crippen LogP contribution is 2.42. The predicted molar refractivity (Wildman–Crippen MR) is 93.1 cm³/mol. The van der Waals surface area contributed by atoms with Gasteiger partial charge < -0.3 is 9.80 Å². The Kier molecular flexibility index (Phi) is 3.84. The minimum absolute atomic E-state index is 0.00161. The van der Waals surface area contributed by atoms with E-state index in [4.69, 9.17) is 0 Å². The summed E-state index contributed by atoms with van der Waals surface area (Å²) in [5, 5.41) is 4.01. The maximum Gasteiger partial charge on any atom is 0.253 e. The summed E-state index contributed by atoms with van der Waals surface area (Å²) in [6.07, 6.45) is 5.83. The van der Waals surface area contributed by atoms with E-state index in [1.54, 1.807) is 35.9 Å². The largest absolute Gasteiger partial charge is 0.338 e. The summed E-state index contributed by atoms with van der Waals surface area (Å²) in [6.45, 7) is 1.98. The second kappa shape index (κ2) is 6.02.